The van der Waals surface area contributed by atoms with Crippen LogP contribution in [-0.2, 0) is 24.8 Å². The minimum absolute atomic E-state index is 0.0517. The molecule has 206 valence electrons. The van der Waals surface area contributed by atoms with Gasteiger partial charge in [-0.25, -0.2) is 4.99 Å². The van der Waals surface area contributed by atoms with Crippen LogP contribution < -0.4 is 20.3 Å². The second kappa shape index (κ2) is 10.1. The zero-order valence-electron chi connectivity index (χ0n) is 23.7. The second-order valence-corrected chi connectivity index (χ2v) is 11.2. The molecule has 0 saturated heterocycles. The summed E-state index contributed by atoms with van der Waals surface area (Å²) in [5.74, 6) is 1.26. The molecule has 2 atom stereocenters. The Balaban J connectivity index is 1.39. The molecular formula is C32H35N5O3. The number of hydrogen-bond donors (Lipinski definition) is 0. The van der Waals surface area contributed by atoms with E-state index < -0.39 is 0 Å². The largest absolute Gasteiger partial charge is 0.378 e. The molecule has 8 nitrogen and oxygen atoms in total. The molecule has 3 aliphatic rings. The fraction of sp³-hybridized carbons (Fsp3) is 0.344. The third-order valence-corrected chi connectivity index (χ3v) is 8.25. The predicted molar refractivity (Wildman–Crippen MR) is 160 cm³/mol. The van der Waals surface area contributed by atoms with E-state index in [-0.39, 0.29) is 17.7 Å². The first-order valence-electron chi connectivity index (χ1n) is 13.8. The van der Waals surface area contributed by atoms with Crippen LogP contribution in [0.15, 0.2) is 70.7 Å². The van der Waals surface area contributed by atoms with E-state index in [0.717, 1.165) is 52.3 Å². The molecule has 0 fully saturated rings. The van der Waals surface area contributed by atoms with Gasteiger partial charge in [-0.2, -0.15) is 0 Å². The Morgan fingerprint density at radius 2 is 1.88 bits per heavy atom. The van der Waals surface area contributed by atoms with Crippen molar-refractivity contribution in [1.82, 2.24) is 4.57 Å². The fourth-order valence-corrected chi connectivity index (χ4v) is 5.84. The lowest BCUT2D eigenvalue weighted by Gasteiger charge is -2.41. The highest BCUT2D eigenvalue weighted by molar-refractivity contribution is 6.10. The van der Waals surface area contributed by atoms with Crippen LogP contribution in [0.2, 0.25) is 0 Å². The molecule has 8 heteroatoms. The van der Waals surface area contributed by atoms with Gasteiger partial charge in [0, 0.05) is 75.8 Å². The summed E-state index contributed by atoms with van der Waals surface area (Å²) in [6, 6.07) is 13.9. The topological polar surface area (TPSA) is 70.4 Å². The molecule has 0 spiro atoms. The van der Waals surface area contributed by atoms with Gasteiger partial charge in [0.15, 0.2) is 0 Å². The van der Waals surface area contributed by atoms with E-state index in [1.54, 1.807) is 16.5 Å². The van der Waals surface area contributed by atoms with Gasteiger partial charge in [-0.1, -0.05) is 25.1 Å². The molecule has 0 N–H and O–H groups in total. The first-order valence-corrected chi connectivity index (χ1v) is 13.8. The van der Waals surface area contributed by atoms with E-state index in [1.165, 1.54) is 0 Å². The molecule has 4 heterocycles. The van der Waals surface area contributed by atoms with Gasteiger partial charge in [0.2, 0.25) is 0 Å². The molecule has 0 saturated carbocycles. The first kappa shape index (κ1) is 26.1. The number of nitrogens with zero attached hydrogens (tertiary/aromatic N) is 5. The molecule has 3 aromatic rings. The average molecular weight is 538 g/mol. The smallest absolute Gasteiger partial charge is 0.274 e. The van der Waals surface area contributed by atoms with E-state index in [2.05, 4.69) is 24.1 Å². The van der Waals surface area contributed by atoms with Gasteiger partial charge >= 0.3 is 0 Å². The average Bonchev–Trinajstić information content (AvgIpc) is 3.17. The van der Waals surface area contributed by atoms with Gasteiger partial charge in [-0.05, 0) is 53.8 Å². The maximum Gasteiger partial charge on any atom is 0.274 e. The molecule has 2 aromatic carbocycles. The third-order valence-electron chi connectivity index (χ3n) is 8.25. The molecule has 3 aliphatic heterocycles. The molecule has 1 unspecified atom stereocenters. The summed E-state index contributed by atoms with van der Waals surface area (Å²) in [6.45, 7) is 2.55. The zero-order valence-corrected chi connectivity index (χ0v) is 23.7. The van der Waals surface area contributed by atoms with Gasteiger partial charge in [0.1, 0.15) is 17.8 Å². The van der Waals surface area contributed by atoms with Gasteiger partial charge in [-0.15, -0.1) is 0 Å². The van der Waals surface area contributed by atoms with Crippen molar-refractivity contribution in [3.05, 3.63) is 88.0 Å². The number of rotatable bonds is 3. The highest BCUT2D eigenvalue weighted by Crippen LogP contribution is 2.41. The number of allylic oxidation sites excluding steroid dienone is 1. The van der Waals surface area contributed by atoms with E-state index in [1.807, 2.05) is 79.7 Å². The Kier molecular flexibility index (Phi) is 6.58. The summed E-state index contributed by atoms with van der Waals surface area (Å²) in [4.78, 5) is 37.4. The number of amides is 1. The summed E-state index contributed by atoms with van der Waals surface area (Å²) in [6.07, 6.45) is 7.85. The van der Waals surface area contributed by atoms with Crippen LogP contribution in [0.5, 0.6) is 0 Å². The van der Waals surface area contributed by atoms with Crippen molar-refractivity contribution in [3.63, 3.8) is 0 Å². The Morgan fingerprint density at radius 1 is 1.05 bits per heavy atom. The summed E-state index contributed by atoms with van der Waals surface area (Å²) >= 11 is 0. The number of benzene rings is 2. The van der Waals surface area contributed by atoms with Crippen LogP contribution in [0.4, 0.5) is 17.1 Å². The molecule has 40 heavy (non-hydrogen) atoms. The first-order chi connectivity index (χ1) is 19.2. The van der Waals surface area contributed by atoms with Crippen molar-refractivity contribution >= 4 is 28.8 Å². The van der Waals surface area contributed by atoms with Crippen molar-refractivity contribution in [3.8, 4) is 11.1 Å². The molecular weight excluding hydrogens is 502 g/mol. The molecule has 0 aliphatic carbocycles. The minimum atomic E-state index is -0.356. The Bertz CT molecular complexity index is 1620. The van der Waals surface area contributed by atoms with E-state index in [4.69, 9.17) is 4.74 Å². The van der Waals surface area contributed by atoms with Gasteiger partial charge < -0.3 is 19.1 Å². The highest BCUT2D eigenvalue weighted by Gasteiger charge is 2.38. The van der Waals surface area contributed by atoms with Gasteiger partial charge in [-0.3, -0.25) is 14.5 Å². The van der Waals surface area contributed by atoms with E-state index >= 15 is 0 Å². The quantitative estimate of drug-likeness (QED) is 0.473. The van der Waals surface area contributed by atoms with E-state index in [0.29, 0.717) is 30.2 Å². The van der Waals surface area contributed by atoms with Crippen LogP contribution in [0.25, 0.3) is 11.1 Å². The van der Waals surface area contributed by atoms with Gasteiger partial charge in [0.05, 0.1) is 12.3 Å². The number of carbonyl (C=O) groups is 1. The number of carbonyl (C=O) groups excluding carboxylic acids is 1. The maximum absolute atomic E-state index is 13.8. The molecule has 0 bridgehead atoms. The molecule has 1 amide bonds. The van der Waals surface area contributed by atoms with Crippen molar-refractivity contribution in [2.75, 3.05) is 35.8 Å². The normalized spacial score (nSPS) is 19.8. The summed E-state index contributed by atoms with van der Waals surface area (Å²) in [5.41, 5.74) is 6.89. The number of aromatic nitrogens is 1. The van der Waals surface area contributed by atoms with Crippen LogP contribution in [0.1, 0.15) is 41.3 Å². The third kappa shape index (κ3) is 4.42. The van der Waals surface area contributed by atoms with Crippen LogP contribution in [0, 0.1) is 5.92 Å². The van der Waals surface area contributed by atoms with Gasteiger partial charge in [0.25, 0.3) is 11.5 Å². The van der Waals surface area contributed by atoms with E-state index in [9.17, 15) is 9.59 Å². The Morgan fingerprint density at radius 3 is 2.67 bits per heavy atom. The van der Waals surface area contributed by atoms with Crippen LogP contribution in [-0.4, -0.2) is 43.7 Å². The number of amidine groups is 1. The summed E-state index contributed by atoms with van der Waals surface area (Å²) in [7, 11) is 7.67. The van der Waals surface area contributed by atoms with Crippen molar-refractivity contribution in [2.45, 2.75) is 39.0 Å². The predicted octanol–water partition coefficient (Wildman–Crippen LogP) is 4.96. The Hall–Kier alpha value is -4.17. The molecule has 1 aromatic heterocycles. The fourth-order valence-electron chi connectivity index (χ4n) is 5.84. The number of aliphatic imine (C=N–C) groups is 1. The number of anilines is 3. The molecule has 0 radical (unpaired) electrons. The van der Waals surface area contributed by atoms with Crippen molar-refractivity contribution in [1.29, 1.82) is 0 Å². The lowest BCUT2D eigenvalue weighted by atomic mass is 9.92. The summed E-state index contributed by atoms with van der Waals surface area (Å²) < 4.78 is 7.95. The number of hydrogen-bond acceptors (Lipinski definition) is 6. The summed E-state index contributed by atoms with van der Waals surface area (Å²) in [5, 5.41) is 0. The van der Waals surface area contributed by atoms with Crippen LogP contribution >= 0.6 is 0 Å². The Labute approximate surface area is 234 Å². The monoisotopic (exact) mass is 537 g/mol. The van der Waals surface area contributed by atoms with Crippen LogP contribution in [0.3, 0.4) is 0 Å². The minimum Gasteiger partial charge on any atom is -0.378 e. The highest BCUT2D eigenvalue weighted by atomic mass is 16.5. The number of aryl methyl sites for hydroxylation is 1. The zero-order chi connectivity index (χ0) is 28.1. The standard InChI is InChI=1S/C32H35N5O3/c1-20-9-12-29(33-14-13-20)36(5)28-16-22(18-35(4)32(28)39)24-7-6-8-27-26(24)19-40-30-17-21-15-23(34(2)3)10-11-25(21)31(38)37(27)30/h6-8,10-11,13-16,18,20,30H,9,12,17,19H2,1-5H3/t20-,30?/m1/s1. The maximum atomic E-state index is 13.8. The number of pyridine rings is 1. The number of fused-ring (bicyclic) bond motifs is 4. The SMILES string of the molecule is C[C@H]1C=CN=C(N(C)c2cc(-c3cccc4c3COC3Cc5cc(N(C)C)ccc5C(=O)N43)cn(C)c2=O)CC1. The molecule has 6 rings (SSSR count). The lowest BCUT2D eigenvalue weighted by Crippen LogP contribution is -2.50. The van der Waals surface area contributed by atoms with Crippen molar-refractivity contribution < 1.29 is 9.53 Å². The van der Waals surface area contributed by atoms with Crippen molar-refractivity contribution in [2.24, 2.45) is 18.0 Å². The lowest BCUT2D eigenvalue weighted by molar-refractivity contribution is 0.0240. The number of ether oxygens (including phenoxy) is 1. The second-order valence-electron chi connectivity index (χ2n) is 11.2.